The molecule has 10 aromatic rings. The van der Waals surface area contributed by atoms with E-state index < -0.39 is 42.3 Å². The van der Waals surface area contributed by atoms with Crippen molar-refractivity contribution in [1.29, 1.82) is 0 Å². The molecule has 0 bridgehead atoms. The molecular formula is C50H32O. The van der Waals surface area contributed by atoms with Gasteiger partial charge in [-0.2, -0.15) is 0 Å². The Morgan fingerprint density at radius 3 is 1.53 bits per heavy atom. The zero-order chi connectivity index (χ0) is 41.6. The summed E-state index contributed by atoms with van der Waals surface area (Å²) in [5, 5.41) is 6.24. The highest BCUT2D eigenvalue weighted by Crippen LogP contribution is 2.47. The summed E-state index contributed by atoms with van der Waals surface area (Å²) in [6.45, 7) is 0. The third-order valence-corrected chi connectivity index (χ3v) is 9.64. The molecule has 51 heavy (non-hydrogen) atoms. The van der Waals surface area contributed by atoms with Gasteiger partial charge in [-0.1, -0.05) is 176 Å². The second-order valence-corrected chi connectivity index (χ2v) is 12.5. The van der Waals surface area contributed by atoms with Crippen molar-refractivity contribution in [3.05, 3.63) is 194 Å². The summed E-state index contributed by atoms with van der Waals surface area (Å²) >= 11 is 0. The molecule has 1 aromatic heterocycles. The van der Waals surface area contributed by atoms with Crippen LogP contribution in [0.4, 0.5) is 0 Å². The monoisotopic (exact) mass is 657 g/mol. The molecule has 10 rings (SSSR count). The Morgan fingerprint density at radius 1 is 0.333 bits per heavy atom. The Bertz CT molecular complexity index is 3290. The van der Waals surface area contributed by atoms with E-state index >= 15 is 0 Å². The highest BCUT2D eigenvalue weighted by molar-refractivity contribution is 6.25. The van der Waals surface area contributed by atoms with Crippen molar-refractivity contribution in [3.63, 3.8) is 0 Å². The molecule has 238 valence electrons. The smallest absolute Gasteiger partial charge is 0.136 e. The van der Waals surface area contributed by atoms with Crippen molar-refractivity contribution in [1.82, 2.24) is 0 Å². The van der Waals surface area contributed by atoms with Crippen LogP contribution in [-0.4, -0.2) is 0 Å². The zero-order valence-electron chi connectivity index (χ0n) is 36.2. The first-order valence-electron chi connectivity index (χ1n) is 21.3. The Labute approximate surface area is 309 Å². The maximum Gasteiger partial charge on any atom is 0.136 e. The predicted octanol–water partition coefficient (Wildman–Crippen LogP) is 14.2. The van der Waals surface area contributed by atoms with Crippen molar-refractivity contribution in [2.45, 2.75) is 0 Å². The fourth-order valence-corrected chi connectivity index (χ4v) is 7.33. The Morgan fingerprint density at radius 2 is 0.863 bits per heavy atom. The van der Waals surface area contributed by atoms with Crippen LogP contribution in [-0.2, 0) is 0 Å². The van der Waals surface area contributed by atoms with Crippen LogP contribution in [0, 0.1) is 0 Å². The largest absolute Gasteiger partial charge is 0.456 e. The van der Waals surface area contributed by atoms with Gasteiger partial charge in [0.2, 0.25) is 0 Å². The van der Waals surface area contributed by atoms with Crippen LogP contribution in [0.25, 0.3) is 99.1 Å². The van der Waals surface area contributed by atoms with Gasteiger partial charge in [-0.15, -0.1) is 0 Å². The maximum atomic E-state index is 8.98. The Hall–Kier alpha value is -6.70. The van der Waals surface area contributed by atoms with E-state index in [0.717, 1.165) is 76.9 Å². The average molecular weight is 658 g/mol. The minimum atomic E-state index is -0.611. The molecule has 0 aliphatic rings. The molecule has 0 fully saturated rings. The normalized spacial score (nSPS) is 14.0. The molecule has 0 unspecified atom stereocenters. The minimum Gasteiger partial charge on any atom is -0.456 e. The number of benzene rings is 9. The van der Waals surface area contributed by atoms with Crippen LogP contribution in [0.1, 0.15) is 12.3 Å². The van der Waals surface area contributed by atoms with Crippen LogP contribution >= 0.6 is 0 Å². The molecule has 0 aliphatic carbocycles. The van der Waals surface area contributed by atoms with Gasteiger partial charge in [0.15, 0.2) is 0 Å². The minimum absolute atomic E-state index is 0.0500. The van der Waals surface area contributed by atoms with Gasteiger partial charge in [-0.05, 0) is 95.4 Å². The van der Waals surface area contributed by atoms with Gasteiger partial charge in [0.25, 0.3) is 0 Å². The first-order chi connectivity index (χ1) is 29.0. The van der Waals surface area contributed by atoms with E-state index in [2.05, 4.69) is 60.7 Å². The van der Waals surface area contributed by atoms with E-state index in [4.69, 9.17) is 16.8 Å². The lowest BCUT2D eigenvalue weighted by Crippen LogP contribution is -1.91. The first-order valence-corrected chi connectivity index (χ1v) is 16.8. The summed E-state index contributed by atoms with van der Waals surface area (Å²) < 4.78 is 83.4. The molecule has 0 spiro atoms. The molecule has 0 saturated heterocycles. The third-order valence-electron chi connectivity index (χ3n) is 9.64. The van der Waals surface area contributed by atoms with Crippen molar-refractivity contribution in [2.24, 2.45) is 0 Å². The molecular weight excluding hydrogens is 617 g/mol. The molecule has 0 saturated carbocycles. The van der Waals surface area contributed by atoms with Crippen molar-refractivity contribution in [2.75, 3.05) is 0 Å². The number of hydrogen-bond acceptors (Lipinski definition) is 1. The van der Waals surface area contributed by atoms with Crippen LogP contribution in [0.15, 0.2) is 198 Å². The van der Waals surface area contributed by atoms with Gasteiger partial charge in [0.05, 0.1) is 12.3 Å². The van der Waals surface area contributed by atoms with Gasteiger partial charge in [-0.25, -0.2) is 0 Å². The summed E-state index contributed by atoms with van der Waals surface area (Å²) in [5.41, 5.74) is 7.66. The first kappa shape index (κ1) is 21.4. The molecule has 9 aromatic carbocycles. The number of fused-ring (bicyclic) bond motifs is 5. The second-order valence-electron chi connectivity index (χ2n) is 12.5. The third kappa shape index (κ3) is 4.94. The Kier molecular flexibility index (Phi) is 5.04. The van der Waals surface area contributed by atoms with E-state index in [-0.39, 0.29) is 28.8 Å². The lowest BCUT2D eigenvalue weighted by atomic mass is 9.84. The van der Waals surface area contributed by atoms with E-state index in [1.807, 2.05) is 66.7 Å². The van der Waals surface area contributed by atoms with Crippen molar-refractivity contribution in [3.8, 4) is 55.6 Å². The van der Waals surface area contributed by atoms with E-state index in [0.29, 0.717) is 5.56 Å². The molecule has 1 heteroatoms. The summed E-state index contributed by atoms with van der Waals surface area (Å²) in [4.78, 5) is 0. The lowest BCUT2D eigenvalue weighted by Gasteiger charge is -2.18. The topological polar surface area (TPSA) is 13.1 Å². The van der Waals surface area contributed by atoms with E-state index in [1.165, 1.54) is 0 Å². The fraction of sp³-hybridized carbons (Fsp3) is 0. The van der Waals surface area contributed by atoms with Crippen LogP contribution in [0.5, 0.6) is 0 Å². The molecule has 0 amide bonds. The average Bonchev–Trinajstić information content (AvgIpc) is 3.66. The zero-order valence-corrected chi connectivity index (χ0v) is 27.2. The lowest BCUT2D eigenvalue weighted by molar-refractivity contribution is 0.669. The predicted molar refractivity (Wildman–Crippen MR) is 216 cm³/mol. The van der Waals surface area contributed by atoms with Gasteiger partial charge >= 0.3 is 0 Å². The molecule has 0 aliphatic heterocycles. The van der Waals surface area contributed by atoms with Gasteiger partial charge in [0, 0.05) is 10.8 Å². The SMILES string of the molecule is [2H]c1c([2H])c([2H])c(-c2c([2H])c([2H])c(-c3ccc(-c4c5ccccc5c(-c5cccc6oc7cc(-c8ccccc8)ccc7c56)c5ccccc45)cc3)c([2H])c2[2H])c([2H])c1[2H]. The van der Waals surface area contributed by atoms with Gasteiger partial charge in [0.1, 0.15) is 11.2 Å². The number of rotatable bonds is 5. The summed E-state index contributed by atoms with van der Waals surface area (Å²) in [6, 6.07) is 42.2. The molecule has 1 heterocycles. The molecule has 1 nitrogen and oxygen atoms in total. The summed E-state index contributed by atoms with van der Waals surface area (Å²) in [5.74, 6) is 0. The van der Waals surface area contributed by atoms with Crippen LogP contribution in [0.3, 0.4) is 0 Å². The van der Waals surface area contributed by atoms with E-state index in [1.54, 1.807) is 12.1 Å². The van der Waals surface area contributed by atoms with Gasteiger partial charge in [-0.3, -0.25) is 0 Å². The Balaban J connectivity index is 1.13. The van der Waals surface area contributed by atoms with Crippen LogP contribution < -0.4 is 0 Å². The van der Waals surface area contributed by atoms with Crippen molar-refractivity contribution >= 4 is 43.5 Å². The molecule has 0 atom stereocenters. The maximum absolute atomic E-state index is 8.98. The standard InChI is InChI=1S/C50H32O/c1-3-12-33(13-4-1)35-22-24-36(25-23-35)37-26-28-38(29-27-37)48-40-16-7-9-18-42(40)49(43-19-10-8-17-41(43)48)45-20-11-21-46-50(45)44-31-30-39(32-47(44)51-46)34-14-5-2-6-15-34/h1-32H/i1D,3D,4D,12D,13D,22D,23D,24D,25D. The number of hydrogen-bond donors (Lipinski definition) is 0. The molecule has 0 N–H and O–H groups in total. The van der Waals surface area contributed by atoms with Crippen molar-refractivity contribution < 1.29 is 16.8 Å². The van der Waals surface area contributed by atoms with E-state index in [9.17, 15) is 0 Å². The second kappa shape index (κ2) is 12.0. The molecule has 0 radical (unpaired) electrons. The summed E-state index contributed by atoms with van der Waals surface area (Å²) in [6.07, 6.45) is 0. The van der Waals surface area contributed by atoms with Crippen LogP contribution in [0.2, 0.25) is 0 Å². The highest BCUT2D eigenvalue weighted by atomic mass is 16.3. The summed E-state index contributed by atoms with van der Waals surface area (Å²) in [7, 11) is 0. The quantitative estimate of drug-likeness (QED) is 0.168. The number of furan rings is 1. The van der Waals surface area contributed by atoms with Gasteiger partial charge < -0.3 is 4.42 Å². The highest BCUT2D eigenvalue weighted by Gasteiger charge is 2.20. The fourth-order valence-electron chi connectivity index (χ4n) is 7.33.